The minimum atomic E-state index is -0.892. The number of alkyl carbamates (subject to hydrolysis) is 1. The number of carbonyl (C=O) groups excluding carboxylic acids is 17. The zero-order valence-electron chi connectivity index (χ0n) is 82.1. The van der Waals surface area contributed by atoms with Crippen molar-refractivity contribution in [2.75, 3.05) is 59.5 Å². The van der Waals surface area contributed by atoms with E-state index in [1.807, 2.05) is 0 Å². The molecule has 758 valence electrons. The fraction of sp³-hybridized carbons (Fsp3) is 0.409. The van der Waals surface area contributed by atoms with E-state index in [2.05, 4.69) is 42.5 Å². The number of nitrogens with zero attached hydrogens (tertiary/aromatic N) is 8. The Balaban J connectivity index is 0.480. The van der Waals surface area contributed by atoms with Crippen molar-refractivity contribution in [3.05, 3.63) is 283 Å². The molecule has 8 aliphatic rings. The minimum absolute atomic E-state index is 0.00124. The number of hydrogen-bond donors (Lipinski definition) is 8. The molecule has 0 radical (unpaired) electrons. The molecule has 8 atom stereocenters. The van der Waals surface area contributed by atoms with Gasteiger partial charge in [-0.1, -0.05) is 146 Å². The molecule has 0 aliphatic carbocycles. The Bertz CT molecular complexity index is 6170. The number of likely N-dealkylation sites (tertiary alicyclic amines) is 8. The highest BCUT2D eigenvalue weighted by atomic mass is 16.6. The summed E-state index contributed by atoms with van der Waals surface area (Å²) in [6, 6.07) is 47.9. The van der Waals surface area contributed by atoms with Gasteiger partial charge in [0.15, 0.2) is 0 Å². The second kappa shape index (κ2) is 46.7. The molecule has 0 bridgehead atoms. The van der Waals surface area contributed by atoms with Crippen LogP contribution in [-0.4, -0.2) is 253 Å². The summed E-state index contributed by atoms with van der Waals surface area (Å²) in [7, 11) is 1.29. The third-order valence-electron chi connectivity index (χ3n) is 28.7. The van der Waals surface area contributed by atoms with Gasteiger partial charge in [-0.2, -0.15) is 0 Å². The number of rotatable bonds is 32. The highest BCUT2D eigenvalue weighted by molar-refractivity contribution is 6.06. The molecule has 16 rings (SSSR count). The van der Waals surface area contributed by atoms with Gasteiger partial charge in [0.2, 0.25) is 41.4 Å². The molecule has 8 fully saturated rings. The van der Waals surface area contributed by atoms with Gasteiger partial charge in [-0.15, -0.1) is 0 Å². The lowest BCUT2D eigenvalue weighted by molar-refractivity contribution is -0.145. The van der Waals surface area contributed by atoms with Gasteiger partial charge in [-0.3, -0.25) is 71.9 Å². The number of ether oxygens (including phenoxy) is 2. The normalized spacial score (nSPS) is 19.6. The van der Waals surface area contributed by atoms with Crippen molar-refractivity contribution in [3.8, 4) is 0 Å². The monoisotopic (exact) mass is 1970 g/mol. The summed E-state index contributed by atoms with van der Waals surface area (Å²) in [6.45, 7) is 7.22. The predicted molar refractivity (Wildman–Crippen MR) is 532 cm³/mol. The number of amides is 16. The summed E-state index contributed by atoms with van der Waals surface area (Å²) >= 11 is 0. The van der Waals surface area contributed by atoms with Crippen molar-refractivity contribution in [2.45, 2.75) is 230 Å². The van der Waals surface area contributed by atoms with Gasteiger partial charge < -0.3 is 91.2 Å². The summed E-state index contributed by atoms with van der Waals surface area (Å²) in [5.41, 5.74) is 5.66. The summed E-state index contributed by atoms with van der Waals surface area (Å²) in [4.78, 5) is 253. The first-order valence-corrected chi connectivity index (χ1v) is 50.2. The molecule has 0 unspecified atom stereocenters. The van der Waals surface area contributed by atoms with Crippen molar-refractivity contribution in [3.63, 3.8) is 0 Å². The van der Waals surface area contributed by atoms with Crippen molar-refractivity contribution < 1.29 is 91.0 Å². The lowest BCUT2D eigenvalue weighted by atomic mass is 10.0. The van der Waals surface area contributed by atoms with E-state index in [1.54, 1.807) is 215 Å². The average Bonchev–Trinajstić information content (AvgIpc) is 1.72. The molecule has 8 heterocycles. The largest absolute Gasteiger partial charge is 0.467 e. The van der Waals surface area contributed by atoms with Crippen LogP contribution in [-0.2, 0) is 100 Å². The summed E-state index contributed by atoms with van der Waals surface area (Å²) in [5, 5.41) is 23.5. The summed E-state index contributed by atoms with van der Waals surface area (Å²) < 4.78 is 10.4. The summed E-state index contributed by atoms with van der Waals surface area (Å²) in [5.74, 6) is -6.70. The SMILES string of the molecule is COC(=O)[C@@H]1CCCN1C(=O)c1ccccc1CNC(=O)[C@@H]1CCCN1C(=O)c1ccccc1CNC(=O)[C@@H]1CCCN1C(=O)c1ccccc1CNC(=O)[C@@H]1CCCN1C(=O)c1ccccc1CNC(=O)[C@@H]1CCCN1C(=O)c1ccccc1CNC(=O)[C@@H]1CCCN1C(=O)c1ccccc1CNC(=O)[C@@H]1CCCN1C(=O)c1ccccc1CNC(=O)[C@@H]1CCCN1C(=O)c1ccccc1CNC(=O)OC(C)(C)C. The quantitative estimate of drug-likeness (QED) is 0.0182. The molecule has 35 nitrogen and oxygen atoms in total. The van der Waals surface area contributed by atoms with Crippen LogP contribution in [0, 0.1) is 0 Å². The number of methoxy groups -OCH3 is 1. The van der Waals surface area contributed by atoms with Gasteiger partial charge in [0.1, 0.15) is 53.9 Å². The van der Waals surface area contributed by atoms with Crippen LogP contribution in [0.5, 0.6) is 0 Å². The van der Waals surface area contributed by atoms with Gasteiger partial charge in [-0.25, -0.2) is 9.59 Å². The molecule has 8 N–H and O–H groups in total. The standard InChI is InChI=1S/C110H124N16O19/c1-110(2,3)145-109(143)118-68-76-36-12-20-44-84(76)106(140)125-59-27-51-91(125)99(133)116-66-74-34-10-18-42-82(74)104(138)123-57-25-49-89(123)97(131)114-64-72-32-8-16-40-80(72)102(136)121-55-23-47-87(121)95(129)112-62-70-30-6-14-38-78(70)100(134)119-53-21-45-85(119)93(127)111-61-69-29-5-13-37-77(69)101(135)120-54-22-46-86(120)94(128)113-63-71-31-7-15-39-79(71)103(137)122-56-24-48-88(122)96(130)115-65-73-33-9-17-41-81(73)105(139)124-58-26-50-90(124)98(132)117-67-75-35-11-19-43-83(75)107(141)126-60-28-52-92(126)108(142)144-4/h5-20,29-44,85-92H,21-28,45-68H2,1-4H3,(H,111,127)(H,112,129)(H,113,128)(H,114,131)(H,115,130)(H,116,133)(H,117,132)(H,118,143)/t85-,86-,87-,88-,89-,90-,91-,92-/m0/s1. The molecule has 8 aromatic rings. The van der Waals surface area contributed by atoms with Gasteiger partial charge in [0, 0.05) is 149 Å². The van der Waals surface area contributed by atoms with E-state index in [4.69, 9.17) is 9.47 Å². The van der Waals surface area contributed by atoms with E-state index in [9.17, 15) is 81.5 Å². The van der Waals surface area contributed by atoms with Gasteiger partial charge >= 0.3 is 12.1 Å². The molecular weight excluding hydrogens is 1850 g/mol. The average molecular weight is 1970 g/mol. The maximum Gasteiger partial charge on any atom is 0.407 e. The molecule has 0 spiro atoms. The van der Waals surface area contributed by atoms with Crippen molar-refractivity contribution in [2.24, 2.45) is 0 Å². The smallest absolute Gasteiger partial charge is 0.407 e. The molecule has 8 saturated heterocycles. The highest BCUT2D eigenvalue weighted by Gasteiger charge is 2.45. The van der Waals surface area contributed by atoms with E-state index in [-0.39, 0.29) is 119 Å². The fourth-order valence-corrected chi connectivity index (χ4v) is 21.3. The topological polar surface area (TPSA) is 431 Å². The van der Waals surface area contributed by atoms with E-state index in [1.165, 1.54) is 46.3 Å². The van der Waals surface area contributed by atoms with Crippen molar-refractivity contribution in [1.82, 2.24) is 81.7 Å². The Kier molecular flexibility index (Phi) is 33.0. The molecule has 16 amide bonds. The van der Waals surface area contributed by atoms with Crippen LogP contribution in [0.25, 0.3) is 0 Å². The summed E-state index contributed by atoms with van der Waals surface area (Å²) in [6.07, 6.45) is 6.84. The Morgan fingerprint density at radius 2 is 0.372 bits per heavy atom. The Morgan fingerprint density at radius 3 is 0.531 bits per heavy atom. The number of esters is 1. The Hall–Kier alpha value is -15.5. The maximum atomic E-state index is 14.8. The number of hydrogen-bond acceptors (Lipinski definition) is 19. The first kappa shape index (κ1) is 102. The van der Waals surface area contributed by atoms with Crippen LogP contribution in [0.1, 0.15) is 251 Å². The third kappa shape index (κ3) is 23.6. The molecule has 0 aromatic heterocycles. The van der Waals surface area contributed by atoms with Gasteiger partial charge in [-0.05, 0) is 217 Å². The van der Waals surface area contributed by atoms with Crippen LogP contribution in [0.3, 0.4) is 0 Å². The fourth-order valence-electron chi connectivity index (χ4n) is 21.3. The van der Waals surface area contributed by atoms with E-state index in [0.717, 1.165) is 0 Å². The maximum absolute atomic E-state index is 14.8. The van der Waals surface area contributed by atoms with Crippen LogP contribution >= 0.6 is 0 Å². The molecule has 8 aromatic carbocycles. The first-order valence-electron chi connectivity index (χ1n) is 50.2. The molecular formula is C110H124N16O19. The lowest BCUT2D eigenvalue weighted by Gasteiger charge is -2.27. The second-order valence-electron chi connectivity index (χ2n) is 38.9. The Labute approximate surface area is 841 Å². The minimum Gasteiger partial charge on any atom is -0.467 e. The number of carbonyl (C=O) groups is 17. The Morgan fingerprint density at radius 1 is 0.228 bits per heavy atom. The van der Waals surface area contributed by atoms with Crippen molar-refractivity contribution in [1.29, 1.82) is 0 Å². The zero-order chi connectivity index (χ0) is 102. The zero-order valence-corrected chi connectivity index (χ0v) is 82.1. The first-order chi connectivity index (χ1) is 70.1. The molecule has 0 saturated carbocycles. The van der Waals surface area contributed by atoms with Gasteiger partial charge in [0.05, 0.1) is 7.11 Å². The number of nitrogens with one attached hydrogen (secondary N) is 8. The van der Waals surface area contributed by atoms with Crippen LogP contribution in [0.15, 0.2) is 194 Å². The van der Waals surface area contributed by atoms with Crippen LogP contribution < -0.4 is 42.5 Å². The number of benzene rings is 8. The molecule has 145 heavy (non-hydrogen) atoms. The molecule has 35 heteroatoms. The van der Waals surface area contributed by atoms with Crippen LogP contribution in [0.2, 0.25) is 0 Å². The third-order valence-corrected chi connectivity index (χ3v) is 28.7. The van der Waals surface area contributed by atoms with Crippen molar-refractivity contribution >= 4 is 101 Å². The van der Waals surface area contributed by atoms with E-state index < -0.39 is 143 Å². The van der Waals surface area contributed by atoms with E-state index in [0.29, 0.717) is 189 Å². The second-order valence-corrected chi connectivity index (χ2v) is 38.9. The molecule has 8 aliphatic heterocycles. The van der Waals surface area contributed by atoms with Crippen LogP contribution in [0.4, 0.5) is 4.79 Å². The highest BCUT2D eigenvalue weighted by Crippen LogP contribution is 2.34. The lowest BCUT2D eigenvalue weighted by Crippen LogP contribution is -2.47. The predicted octanol–water partition coefficient (Wildman–Crippen LogP) is 8.94. The van der Waals surface area contributed by atoms with Gasteiger partial charge in [0.25, 0.3) is 47.3 Å². The van der Waals surface area contributed by atoms with E-state index >= 15 is 0 Å².